The Hall–Kier alpha value is -3.20. The summed E-state index contributed by atoms with van der Waals surface area (Å²) in [4.78, 5) is 16.5. The van der Waals surface area contributed by atoms with Crippen LogP contribution in [0.15, 0.2) is 59.1 Å². The highest BCUT2D eigenvalue weighted by molar-refractivity contribution is 7.92. The number of carbonyl (C=O) groups excluding carboxylic acids is 1. The molecule has 0 unspecified atom stereocenters. The third-order valence-electron chi connectivity index (χ3n) is 3.64. The zero-order chi connectivity index (χ0) is 19.4. The number of amides is 1. The summed E-state index contributed by atoms with van der Waals surface area (Å²) in [6.07, 6.45) is 1.08. The molecular weight excluding hydrogens is 368 g/mol. The second kappa shape index (κ2) is 7.58. The number of hydrogen-bond donors (Lipinski definition) is 2. The number of carbonyl (C=O) groups is 1. The Bertz CT molecular complexity index is 1030. The average Bonchev–Trinajstić information content (AvgIpc) is 3.12. The van der Waals surface area contributed by atoms with Gasteiger partial charge in [-0.3, -0.25) is 9.52 Å². The maximum absolute atomic E-state index is 12.2. The molecule has 0 spiro atoms. The first-order valence-corrected chi connectivity index (χ1v) is 9.99. The SMILES string of the molecule is C[C@H](NC(=O)c1ccccc1)c1nc(-c2ccc(NS(C)(=O)=O)cc2)no1. The highest BCUT2D eigenvalue weighted by Crippen LogP contribution is 2.21. The molecular formula is C18H18N4O4S. The first-order valence-electron chi connectivity index (χ1n) is 8.09. The highest BCUT2D eigenvalue weighted by atomic mass is 32.2. The van der Waals surface area contributed by atoms with Crippen LogP contribution in [0, 0.1) is 0 Å². The van der Waals surface area contributed by atoms with Gasteiger partial charge in [-0.15, -0.1) is 0 Å². The fraction of sp³-hybridized carbons (Fsp3) is 0.167. The lowest BCUT2D eigenvalue weighted by molar-refractivity contribution is 0.0932. The van der Waals surface area contributed by atoms with Crippen LogP contribution in [-0.4, -0.2) is 30.7 Å². The van der Waals surface area contributed by atoms with Gasteiger partial charge in [0.25, 0.3) is 5.91 Å². The summed E-state index contributed by atoms with van der Waals surface area (Å²) in [7, 11) is -3.34. The molecule has 0 aliphatic carbocycles. The van der Waals surface area contributed by atoms with E-state index in [1.165, 1.54) is 0 Å². The lowest BCUT2D eigenvalue weighted by Crippen LogP contribution is -2.26. The Balaban J connectivity index is 1.69. The summed E-state index contributed by atoms with van der Waals surface area (Å²) in [5, 5.41) is 6.72. The van der Waals surface area contributed by atoms with Crippen LogP contribution in [0.2, 0.25) is 0 Å². The van der Waals surface area contributed by atoms with Crippen LogP contribution < -0.4 is 10.0 Å². The molecule has 0 saturated carbocycles. The molecule has 0 bridgehead atoms. The molecule has 2 N–H and O–H groups in total. The summed E-state index contributed by atoms with van der Waals surface area (Å²) in [5.41, 5.74) is 1.64. The third kappa shape index (κ3) is 4.91. The van der Waals surface area contributed by atoms with E-state index >= 15 is 0 Å². The standard InChI is InChI=1S/C18H18N4O4S/c1-12(19-17(23)14-6-4-3-5-7-14)18-20-16(21-26-18)13-8-10-15(11-9-13)22-27(2,24)25/h3-12,22H,1-2H3,(H,19,23)/t12-/m0/s1. The molecule has 27 heavy (non-hydrogen) atoms. The number of sulfonamides is 1. The predicted octanol–water partition coefficient (Wildman–Crippen LogP) is 2.60. The first-order chi connectivity index (χ1) is 12.8. The van der Waals surface area contributed by atoms with Crippen molar-refractivity contribution in [2.75, 3.05) is 11.0 Å². The van der Waals surface area contributed by atoms with E-state index in [0.717, 1.165) is 6.26 Å². The van der Waals surface area contributed by atoms with Gasteiger partial charge in [-0.25, -0.2) is 8.42 Å². The number of rotatable bonds is 6. The molecule has 1 atom stereocenters. The van der Waals surface area contributed by atoms with Crippen molar-refractivity contribution in [2.45, 2.75) is 13.0 Å². The average molecular weight is 386 g/mol. The first kappa shape index (κ1) is 18.6. The molecule has 0 fully saturated rings. The molecule has 0 aliphatic heterocycles. The smallest absolute Gasteiger partial charge is 0.251 e. The molecule has 140 valence electrons. The Morgan fingerprint density at radius 3 is 2.37 bits per heavy atom. The van der Waals surface area contributed by atoms with Crippen LogP contribution in [0.25, 0.3) is 11.4 Å². The maximum Gasteiger partial charge on any atom is 0.251 e. The van der Waals surface area contributed by atoms with Crippen molar-refractivity contribution < 1.29 is 17.7 Å². The van der Waals surface area contributed by atoms with Crippen LogP contribution in [0.4, 0.5) is 5.69 Å². The molecule has 0 saturated heterocycles. The van der Waals surface area contributed by atoms with Gasteiger partial charge in [0, 0.05) is 16.8 Å². The van der Waals surface area contributed by atoms with Crippen molar-refractivity contribution >= 4 is 21.6 Å². The lowest BCUT2D eigenvalue weighted by Gasteiger charge is -2.09. The van der Waals surface area contributed by atoms with Crippen molar-refractivity contribution in [1.82, 2.24) is 15.5 Å². The monoisotopic (exact) mass is 386 g/mol. The second-order valence-corrected chi connectivity index (χ2v) is 7.72. The molecule has 1 heterocycles. The number of nitrogens with zero attached hydrogens (tertiary/aromatic N) is 2. The minimum Gasteiger partial charge on any atom is -0.341 e. The molecule has 9 heteroatoms. The molecule has 2 aromatic carbocycles. The fourth-order valence-electron chi connectivity index (χ4n) is 2.36. The topological polar surface area (TPSA) is 114 Å². The van der Waals surface area contributed by atoms with Gasteiger partial charge in [-0.05, 0) is 43.3 Å². The van der Waals surface area contributed by atoms with E-state index in [-0.39, 0.29) is 11.8 Å². The van der Waals surface area contributed by atoms with Crippen molar-refractivity contribution in [2.24, 2.45) is 0 Å². The van der Waals surface area contributed by atoms with Crippen LogP contribution in [0.3, 0.4) is 0 Å². The number of hydrogen-bond acceptors (Lipinski definition) is 6. The molecule has 1 aromatic heterocycles. The molecule has 0 aliphatic rings. The van der Waals surface area contributed by atoms with Crippen LogP contribution in [0.5, 0.6) is 0 Å². The fourth-order valence-corrected chi connectivity index (χ4v) is 2.93. The van der Waals surface area contributed by atoms with E-state index in [2.05, 4.69) is 20.2 Å². The zero-order valence-corrected chi connectivity index (χ0v) is 15.5. The lowest BCUT2D eigenvalue weighted by atomic mass is 10.2. The summed E-state index contributed by atoms with van der Waals surface area (Å²) < 4.78 is 30.1. The quantitative estimate of drug-likeness (QED) is 0.673. The Kier molecular flexibility index (Phi) is 5.22. The van der Waals surface area contributed by atoms with Gasteiger partial charge in [-0.1, -0.05) is 23.4 Å². The van der Waals surface area contributed by atoms with Gasteiger partial charge >= 0.3 is 0 Å². The number of anilines is 1. The van der Waals surface area contributed by atoms with Gasteiger partial charge in [-0.2, -0.15) is 4.98 Å². The summed E-state index contributed by atoms with van der Waals surface area (Å²) in [6, 6.07) is 14.9. The van der Waals surface area contributed by atoms with Gasteiger partial charge in [0.05, 0.1) is 6.26 Å². The largest absolute Gasteiger partial charge is 0.341 e. The summed E-state index contributed by atoms with van der Waals surface area (Å²) >= 11 is 0. The van der Waals surface area contributed by atoms with Crippen LogP contribution >= 0.6 is 0 Å². The van der Waals surface area contributed by atoms with Gasteiger partial charge in [0.2, 0.25) is 21.7 Å². The molecule has 8 nitrogen and oxygen atoms in total. The summed E-state index contributed by atoms with van der Waals surface area (Å²) in [6.45, 7) is 1.75. The van der Waals surface area contributed by atoms with E-state index in [1.807, 2.05) is 6.07 Å². The third-order valence-corrected chi connectivity index (χ3v) is 4.25. The molecule has 1 amide bonds. The second-order valence-electron chi connectivity index (χ2n) is 5.97. The minimum absolute atomic E-state index is 0.237. The maximum atomic E-state index is 12.2. The number of benzene rings is 2. The number of aromatic nitrogens is 2. The van der Waals surface area contributed by atoms with E-state index < -0.39 is 16.1 Å². The van der Waals surface area contributed by atoms with Gasteiger partial charge in [0.15, 0.2) is 0 Å². The number of nitrogens with one attached hydrogen (secondary N) is 2. The van der Waals surface area contributed by atoms with Crippen molar-refractivity contribution in [3.8, 4) is 11.4 Å². The molecule has 3 rings (SSSR count). The highest BCUT2D eigenvalue weighted by Gasteiger charge is 2.18. The molecule has 0 radical (unpaired) electrons. The zero-order valence-electron chi connectivity index (χ0n) is 14.7. The molecule has 3 aromatic rings. The van der Waals surface area contributed by atoms with Crippen molar-refractivity contribution in [3.63, 3.8) is 0 Å². The van der Waals surface area contributed by atoms with Crippen LogP contribution in [0.1, 0.15) is 29.2 Å². The van der Waals surface area contributed by atoms with Crippen molar-refractivity contribution in [1.29, 1.82) is 0 Å². The Labute approximate surface area is 156 Å². The van der Waals surface area contributed by atoms with Gasteiger partial charge in [0.1, 0.15) is 6.04 Å². The minimum atomic E-state index is -3.34. The predicted molar refractivity (Wildman–Crippen MR) is 101 cm³/mol. The van der Waals surface area contributed by atoms with Gasteiger partial charge < -0.3 is 9.84 Å². The van der Waals surface area contributed by atoms with E-state index in [4.69, 9.17) is 4.52 Å². The van der Waals surface area contributed by atoms with Crippen LogP contribution in [-0.2, 0) is 10.0 Å². The Morgan fingerprint density at radius 1 is 1.07 bits per heavy atom. The van der Waals surface area contributed by atoms with E-state index in [9.17, 15) is 13.2 Å². The summed E-state index contributed by atoms with van der Waals surface area (Å²) in [5.74, 6) is 0.378. The van der Waals surface area contributed by atoms with E-state index in [0.29, 0.717) is 22.6 Å². The Morgan fingerprint density at radius 2 is 1.74 bits per heavy atom. The van der Waals surface area contributed by atoms with E-state index in [1.54, 1.807) is 55.5 Å². The normalized spacial score (nSPS) is 12.4. The van der Waals surface area contributed by atoms with Crippen molar-refractivity contribution in [3.05, 3.63) is 66.1 Å².